The standard InChI is InChI=1S/C24H20FN7O2/c1-2-20(34)30(17-6-4-3-5-7-17)10-9-18-21-23(24(26)28-14-27-21)32(29-18)31-11-8-15-12-16(25)13-19(33)22(15)31/h2-8,11-14,33H,1,9-10H2,(H2,26,27,28). The van der Waals surface area contributed by atoms with Gasteiger partial charge in [-0.25, -0.2) is 19.0 Å². The van der Waals surface area contributed by atoms with Crippen LogP contribution in [0.1, 0.15) is 5.69 Å². The molecule has 0 aliphatic heterocycles. The average molecular weight is 457 g/mol. The molecule has 0 unspecified atom stereocenters. The van der Waals surface area contributed by atoms with E-state index in [1.165, 1.54) is 23.3 Å². The minimum Gasteiger partial charge on any atom is -0.506 e. The highest BCUT2D eigenvalue weighted by Gasteiger charge is 2.21. The molecule has 9 nitrogen and oxygen atoms in total. The second-order valence-electron chi connectivity index (χ2n) is 7.59. The fraction of sp³-hybridized carbons (Fsp3) is 0.0833. The lowest BCUT2D eigenvalue weighted by atomic mass is 10.2. The van der Waals surface area contributed by atoms with E-state index in [4.69, 9.17) is 5.73 Å². The van der Waals surface area contributed by atoms with Crippen LogP contribution in [-0.2, 0) is 11.2 Å². The summed E-state index contributed by atoms with van der Waals surface area (Å²) in [6.45, 7) is 3.92. The van der Waals surface area contributed by atoms with Crippen molar-refractivity contribution in [3.8, 4) is 5.75 Å². The van der Waals surface area contributed by atoms with Crippen molar-refractivity contribution < 1.29 is 14.3 Å². The SMILES string of the molecule is C=CC(=O)N(CCc1nn(-n2ccc3cc(F)cc(O)c32)c2c(N)ncnc12)c1ccccc1. The van der Waals surface area contributed by atoms with Crippen molar-refractivity contribution in [2.45, 2.75) is 6.42 Å². The molecule has 3 heterocycles. The number of nitrogens with zero attached hydrogens (tertiary/aromatic N) is 6. The maximum atomic E-state index is 13.8. The molecule has 0 fully saturated rings. The van der Waals surface area contributed by atoms with Crippen LogP contribution in [0.3, 0.4) is 0 Å². The number of carbonyl (C=O) groups is 1. The van der Waals surface area contributed by atoms with E-state index in [0.29, 0.717) is 40.6 Å². The third-order valence-corrected chi connectivity index (χ3v) is 5.53. The number of phenols is 1. The maximum absolute atomic E-state index is 13.8. The first-order chi connectivity index (χ1) is 16.5. The van der Waals surface area contributed by atoms with Crippen LogP contribution in [0.4, 0.5) is 15.9 Å². The summed E-state index contributed by atoms with van der Waals surface area (Å²) >= 11 is 0. The zero-order valence-corrected chi connectivity index (χ0v) is 18.0. The highest BCUT2D eigenvalue weighted by atomic mass is 19.1. The number of para-hydroxylation sites is 1. The maximum Gasteiger partial charge on any atom is 0.250 e. The van der Waals surface area contributed by atoms with Crippen LogP contribution in [0.2, 0.25) is 0 Å². The summed E-state index contributed by atoms with van der Waals surface area (Å²) in [6.07, 6.45) is 4.60. The second kappa shape index (κ2) is 8.32. The number of phenolic OH excluding ortho intramolecular Hbond substituents is 1. The molecule has 3 aromatic heterocycles. The number of rotatable bonds is 6. The van der Waals surface area contributed by atoms with Gasteiger partial charge in [-0.2, -0.15) is 9.89 Å². The number of hydrogen-bond acceptors (Lipinski definition) is 6. The molecular weight excluding hydrogens is 437 g/mol. The smallest absolute Gasteiger partial charge is 0.250 e. The van der Waals surface area contributed by atoms with Gasteiger partial charge in [0, 0.05) is 36.3 Å². The van der Waals surface area contributed by atoms with Crippen LogP contribution >= 0.6 is 0 Å². The molecule has 0 aliphatic rings. The summed E-state index contributed by atoms with van der Waals surface area (Å²) in [5.41, 5.74) is 8.77. The van der Waals surface area contributed by atoms with Gasteiger partial charge >= 0.3 is 0 Å². The number of benzene rings is 2. The number of carbonyl (C=O) groups excluding carboxylic acids is 1. The Labute approximate surface area is 193 Å². The van der Waals surface area contributed by atoms with Gasteiger partial charge in [-0.15, -0.1) is 0 Å². The second-order valence-corrected chi connectivity index (χ2v) is 7.59. The van der Waals surface area contributed by atoms with E-state index in [9.17, 15) is 14.3 Å². The Morgan fingerprint density at radius 2 is 1.97 bits per heavy atom. The Balaban J connectivity index is 1.60. The summed E-state index contributed by atoms with van der Waals surface area (Å²) in [7, 11) is 0. The van der Waals surface area contributed by atoms with Crippen LogP contribution in [-0.4, -0.2) is 42.1 Å². The van der Waals surface area contributed by atoms with Crippen molar-refractivity contribution in [3.05, 3.63) is 85.2 Å². The van der Waals surface area contributed by atoms with Gasteiger partial charge < -0.3 is 15.7 Å². The number of nitrogen functional groups attached to an aromatic ring is 1. The van der Waals surface area contributed by atoms with E-state index in [2.05, 4.69) is 21.6 Å². The van der Waals surface area contributed by atoms with Gasteiger partial charge in [0.25, 0.3) is 0 Å². The summed E-state index contributed by atoms with van der Waals surface area (Å²) < 4.78 is 15.3. The van der Waals surface area contributed by atoms with E-state index in [0.717, 1.165) is 11.8 Å². The van der Waals surface area contributed by atoms with Crippen molar-refractivity contribution in [1.29, 1.82) is 0 Å². The van der Waals surface area contributed by atoms with Gasteiger partial charge in [0.2, 0.25) is 5.91 Å². The number of hydrogen-bond donors (Lipinski definition) is 2. The lowest BCUT2D eigenvalue weighted by Crippen LogP contribution is -2.31. The van der Waals surface area contributed by atoms with Gasteiger partial charge in [-0.3, -0.25) is 4.79 Å². The third kappa shape index (κ3) is 3.51. The molecule has 0 spiro atoms. The molecule has 5 aromatic rings. The van der Waals surface area contributed by atoms with E-state index >= 15 is 0 Å². The summed E-state index contributed by atoms with van der Waals surface area (Å²) in [6, 6.07) is 13.3. The number of anilines is 2. The molecule has 0 radical (unpaired) electrons. The number of aromatic hydroxyl groups is 1. The molecule has 10 heteroatoms. The number of nitrogens with two attached hydrogens (primary N) is 1. The first-order valence-corrected chi connectivity index (χ1v) is 10.4. The molecule has 1 amide bonds. The molecule has 5 rings (SSSR count). The number of aromatic nitrogens is 5. The first kappa shape index (κ1) is 21.1. The van der Waals surface area contributed by atoms with Crippen LogP contribution in [0, 0.1) is 5.82 Å². The van der Waals surface area contributed by atoms with Crippen molar-refractivity contribution in [2.75, 3.05) is 17.2 Å². The summed E-state index contributed by atoms with van der Waals surface area (Å²) in [5.74, 6) is -0.848. The molecular formula is C24H20FN7O2. The van der Waals surface area contributed by atoms with Gasteiger partial charge in [0.15, 0.2) is 11.3 Å². The minimum atomic E-state index is -0.551. The van der Waals surface area contributed by atoms with Crippen molar-refractivity contribution in [2.24, 2.45) is 0 Å². The van der Waals surface area contributed by atoms with Crippen LogP contribution in [0.25, 0.3) is 21.9 Å². The molecule has 0 atom stereocenters. The number of halogens is 1. The summed E-state index contributed by atoms with van der Waals surface area (Å²) in [4.78, 5) is 24.1. The van der Waals surface area contributed by atoms with Crippen molar-refractivity contribution >= 4 is 39.3 Å². The molecule has 0 bridgehead atoms. The van der Waals surface area contributed by atoms with Gasteiger partial charge in [0.05, 0.1) is 5.69 Å². The van der Waals surface area contributed by atoms with Crippen LogP contribution < -0.4 is 10.6 Å². The van der Waals surface area contributed by atoms with E-state index in [-0.39, 0.29) is 17.5 Å². The molecule has 0 saturated carbocycles. The largest absolute Gasteiger partial charge is 0.506 e. The third-order valence-electron chi connectivity index (χ3n) is 5.53. The predicted octanol–water partition coefficient (Wildman–Crippen LogP) is 3.28. The molecule has 2 aromatic carbocycles. The summed E-state index contributed by atoms with van der Waals surface area (Å²) in [5, 5.41) is 15.6. The predicted molar refractivity (Wildman–Crippen MR) is 127 cm³/mol. The molecule has 3 N–H and O–H groups in total. The van der Waals surface area contributed by atoms with Crippen molar-refractivity contribution in [3.63, 3.8) is 0 Å². The van der Waals surface area contributed by atoms with E-state index in [1.807, 2.05) is 30.3 Å². The monoisotopic (exact) mass is 457 g/mol. The Hall–Kier alpha value is -4.73. The minimum absolute atomic E-state index is 0.189. The molecule has 0 aliphatic carbocycles. The van der Waals surface area contributed by atoms with E-state index in [1.54, 1.807) is 21.8 Å². The number of amides is 1. The molecule has 0 saturated heterocycles. The fourth-order valence-corrected chi connectivity index (χ4v) is 4.00. The highest BCUT2D eigenvalue weighted by molar-refractivity contribution is 6.01. The first-order valence-electron chi connectivity index (χ1n) is 10.4. The zero-order valence-electron chi connectivity index (χ0n) is 18.0. The molecule has 34 heavy (non-hydrogen) atoms. The Morgan fingerprint density at radius 1 is 1.18 bits per heavy atom. The lowest BCUT2D eigenvalue weighted by Gasteiger charge is -2.20. The Bertz CT molecular complexity index is 1540. The topological polar surface area (TPSA) is 115 Å². The normalized spacial score (nSPS) is 11.2. The fourth-order valence-electron chi connectivity index (χ4n) is 4.00. The van der Waals surface area contributed by atoms with Crippen LogP contribution in [0.15, 0.2) is 73.7 Å². The van der Waals surface area contributed by atoms with Crippen molar-refractivity contribution in [1.82, 2.24) is 24.5 Å². The highest BCUT2D eigenvalue weighted by Crippen LogP contribution is 2.30. The van der Waals surface area contributed by atoms with Crippen LogP contribution in [0.5, 0.6) is 5.75 Å². The zero-order chi connectivity index (χ0) is 23.8. The Kier molecular flexibility index (Phi) is 5.17. The quantitative estimate of drug-likeness (QED) is 0.378. The number of fused-ring (bicyclic) bond motifs is 2. The van der Waals surface area contributed by atoms with Gasteiger partial charge in [-0.05, 0) is 30.3 Å². The van der Waals surface area contributed by atoms with Gasteiger partial charge in [0.1, 0.15) is 28.9 Å². The lowest BCUT2D eigenvalue weighted by molar-refractivity contribution is -0.114. The Morgan fingerprint density at radius 3 is 2.74 bits per heavy atom. The average Bonchev–Trinajstić information content (AvgIpc) is 3.42. The van der Waals surface area contributed by atoms with E-state index < -0.39 is 5.82 Å². The van der Waals surface area contributed by atoms with Gasteiger partial charge in [-0.1, -0.05) is 24.8 Å². The molecule has 170 valence electrons.